The third-order valence-corrected chi connectivity index (χ3v) is 6.41. The molecule has 0 aliphatic heterocycles. The first-order valence-electron chi connectivity index (χ1n) is 6.59. The van der Waals surface area contributed by atoms with Crippen LogP contribution in [0, 0.1) is 60.4 Å². The molecule has 25 heavy (non-hydrogen) atoms. The zero-order valence-electron chi connectivity index (χ0n) is 12.9. The Morgan fingerprint density at radius 2 is 0.880 bits per heavy atom. The van der Waals surface area contributed by atoms with Gasteiger partial charge in [-0.3, -0.25) is 0 Å². The largest absolute Gasteiger partial charge is 0.314 e. The van der Waals surface area contributed by atoms with Crippen LogP contribution < -0.4 is 10.6 Å². The van der Waals surface area contributed by atoms with Crippen molar-refractivity contribution in [2.24, 2.45) is 0 Å². The smallest absolute Gasteiger partial charge is 0.200 e. The molecule has 0 aromatic heterocycles. The average Bonchev–Trinajstić information content (AvgIpc) is 2.54. The number of hydrogen-bond acceptors (Lipinski definition) is 1. The lowest BCUT2D eigenvalue weighted by molar-refractivity contribution is 0.383. The molecule has 1 atom stereocenters. The van der Waals surface area contributed by atoms with Gasteiger partial charge in [0.2, 0.25) is 5.82 Å². The van der Waals surface area contributed by atoms with Crippen molar-refractivity contribution in [2.75, 3.05) is 6.66 Å². The molecule has 0 spiro atoms. The van der Waals surface area contributed by atoms with Crippen molar-refractivity contribution >= 4 is 17.8 Å². The van der Waals surface area contributed by atoms with Gasteiger partial charge in [0.25, 0.3) is 0 Å². The molecule has 0 saturated carbocycles. The van der Waals surface area contributed by atoms with E-state index in [4.69, 9.17) is 0 Å². The summed E-state index contributed by atoms with van der Waals surface area (Å²) in [7, 11) is -4.87. The van der Waals surface area contributed by atoms with E-state index in [1.807, 2.05) is 0 Å². The summed E-state index contributed by atoms with van der Waals surface area (Å²) in [4.78, 5) is 0. The summed E-state index contributed by atoms with van der Waals surface area (Å²) in [6, 6.07) is 0. The molecule has 0 amide bonds. The standard InChI is InChI=1S/C15H9F8OP/c1-4-6(16)7(17)5(2)14(8(4)18)25(3,24)15-12(22)10(20)9(19)11(21)13(15)23/h1-3H3. The molecular weight excluding hydrogens is 379 g/mol. The lowest BCUT2D eigenvalue weighted by Crippen LogP contribution is -2.30. The Labute approximate surface area is 136 Å². The first-order chi connectivity index (χ1) is 11.4. The second kappa shape index (κ2) is 6.12. The normalized spacial score (nSPS) is 13.9. The first-order valence-corrected chi connectivity index (χ1v) is 8.74. The maximum atomic E-state index is 14.3. The molecular formula is C15H9F8OP. The molecule has 0 fully saturated rings. The SMILES string of the molecule is Cc1c(F)c(F)c(C)c(P(C)(=O)c2c(F)c(F)c(F)c(F)c2F)c1F. The van der Waals surface area contributed by atoms with Crippen LogP contribution in [0.5, 0.6) is 0 Å². The fraction of sp³-hybridized carbons (Fsp3) is 0.200. The predicted molar refractivity (Wildman–Crippen MR) is 74.8 cm³/mol. The Balaban J connectivity index is 2.99. The molecule has 2 rings (SSSR count). The monoisotopic (exact) mass is 388 g/mol. The van der Waals surface area contributed by atoms with Gasteiger partial charge in [0.1, 0.15) is 13.0 Å². The maximum absolute atomic E-state index is 14.3. The average molecular weight is 388 g/mol. The van der Waals surface area contributed by atoms with Crippen molar-refractivity contribution in [1.82, 2.24) is 0 Å². The molecule has 0 aliphatic rings. The molecule has 136 valence electrons. The summed E-state index contributed by atoms with van der Waals surface area (Å²) in [5, 5.41) is -2.93. The Kier molecular flexibility index (Phi) is 4.76. The van der Waals surface area contributed by atoms with E-state index in [0.29, 0.717) is 6.66 Å². The van der Waals surface area contributed by atoms with E-state index in [1.165, 1.54) is 0 Å². The number of hydrogen-bond donors (Lipinski definition) is 0. The molecule has 0 heterocycles. The summed E-state index contributed by atoms with van der Waals surface area (Å²) < 4.78 is 122. The molecule has 1 nitrogen and oxygen atoms in total. The van der Waals surface area contributed by atoms with Gasteiger partial charge in [-0.2, -0.15) is 0 Å². The summed E-state index contributed by atoms with van der Waals surface area (Å²) in [5.41, 5.74) is -1.83. The van der Waals surface area contributed by atoms with Gasteiger partial charge in [-0.15, -0.1) is 0 Å². The summed E-state index contributed by atoms with van der Waals surface area (Å²) >= 11 is 0. The molecule has 2 aromatic carbocycles. The van der Waals surface area contributed by atoms with E-state index < -0.39 is 75.4 Å². The van der Waals surface area contributed by atoms with Gasteiger partial charge in [0.15, 0.2) is 34.9 Å². The maximum Gasteiger partial charge on any atom is 0.200 e. The van der Waals surface area contributed by atoms with Gasteiger partial charge in [-0.25, -0.2) is 35.1 Å². The van der Waals surface area contributed by atoms with Crippen LogP contribution in [0.4, 0.5) is 35.1 Å². The second-order valence-corrected chi connectivity index (χ2v) is 8.13. The molecule has 10 heteroatoms. The zero-order valence-corrected chi connectivity index (χ0v) is 13.8. The van der Waals surface area contributed by atoms with Crippen molar-refractivity contribution in [1.29, 1.82) is 0 Å². The van der Waals surface area contributed by atoms with Crippen LogP contribution in [-0.2, 0) is 4.57 Å². The van der Waals surface area contributed by atoms with Crippen LogP contribution in [0.3, 0.4) is 0 Å². The fourth-order valence-corrected chi connectivity index (χ4v) is 4.91. The van der Waals surface area contributed by atoms with Crippen LogP contribution in [0.15, 0.2) is 0 Å². The number of halogens is 8. The van der Waals surface area contributed by atoms with Crippen LogP contribution in [0.25, 0.3) is 0 Å². The second-order valence-electron chi connectivity index (χ2n) is 5.38. The van der Waals surface area contributed by atoms with E-state index in [2.05, 4.69) is 0 Å². The van der Waals surface area contributed by atoms with E-state index in [9.17, 15) is 39.7 Å². The Morgan fingerprint density at radius 3 is 1.32 bits per heavy atom. The molecule has 0 radical (unpaired) electrons. The molecule has 0 bridgehead atoms. The minimum absolute atomic E-state index is 0.507. The highest BCUT2D eigenvalue weighted by atomic mass is 31.2. The van der Waals surface area contributed by atoms with Gasteiger partial charge in [0, 0.05) is 11.1 Å². The van der Waals surface area contributed by atoms with E-state index in [-0.39, 0.29) is 0 Å². The molecule has 0 aliphatic carbocycles. The first kappa shape index (κ1) is 19.4. The van der Waals surface area contributed by atoms with Crippen molar-refractivity contribution in [3.05, 3.63) is 57.7 Å². The minimum atomic E-state index is -4.87. The molecule has 1 unspecified atom stereocenters. The summed E-state index contributed by atoms with van der Waals surface area (Å²) in [5.74, 6) is -17.0. The van der Waals surface area contributed by atoms with Crippen molar-refractivity contribution in [3.63, 3.8) is 0 Å². The van der Waals surface area contributed by atoms with E-state index in [1.54, 1.807) is 0 Å². The van der Waals surface area contributed by atoms with Crippen molar-refractivity contribution in [3.8, 4) is 0 Å². The van der Waals surface area contributed by atoms with Crippen molar-refractivity contribution in [2.45, 2.75) is 13.8 Å². The molecule has 2 aromatic rings. The zero-order chi connectivity index (χ0) is 19.4. The summed E-state index contributed by atoms with van der Waals surface area (Å²) in [6.07, 6.45) is 0. The highest BCUT2D eigenvalue weighted by Gasteiger charge is 2.39. The van der Waals surface area contributed by atoms with Gasteiger partial charge in [-0.05, 0) is 20.5 Å². The van der Waals surface area contributed by atoms with Gasteiger partial charge in [0.05, 0.1) is 10.6 Å². The van der Waals surface area contributed by atoms with Crippen LogP contribution in [0.2, 0.25) is 0 Å². The Bertz CT molecular complexity index is 822. The van der Waals surface area contributed by atoms with Crippen LogP contribution in [0.1, 0.15) is 11.1 Å². The predicted octanol–water partition coefficient (Wildman–Crippen LogP) is 4.36. The Morgan fingerprint density at radius 1 is 0.520 bits per heavy atom. The number of rotatable bonds is 2. The van der Waals surface area contributed by atoms with E-state index >= 15 is 0 Å². The highest BCUT2D eigenvalue weighted by molar-refractivity contribution is 7.78. The van der Waals surface area contributed by atoms with Crippen molar-refractivity contribution < 1.29 is 39.7 Å². The summed E-state index contributed by atoms with van der Waals surface area (Å²) in [6.45, 7) is 2.06. The highest BCUT2D eigenvalue weighted by Crippen LogP contribution is 2.44. The number of benzene rings is 2. The van der Waals surface area contributed by atoms with Crippen LogP contribution in [-0.4, -0.2) is 6.66 Å². The third kappa shape index (κ3) is 2.65. The minimum Gasteiger partial charge on any atom is -0.314 e. The quantitative estimate of drug-likeness (QED) is 0.324. The lowest BCUT2D eigenvalue weighted by Gasteiger charge is -2.21. The lowest BCUT2D eigenvalue weighted by atomic mass is 10.1. The van der Waals surface area contributed by atoms with Crippen LogP contribution >= 0.6 is 7.14 Å². The molecule has 0 saturated heterocycles. The van der Waals surface area contributed by atoms with Gasteiger partial charge < -0.3 is 4.57 Å². The molecule has 0 N–H and O–H groups in total. The van der Waals surface area contributed by atoms with E-state index in [0.717, 1.165) is 13.8 Å². The topological polar surface area (TPSA) is 17.1 Å². The van der Waals surface area contributed by atoms with Gasteiger partial charge >= 0.3 is 0 Å². The third-order valence-electron chi connectivity index (χ3n) is 3.78. The fourth-order valence-electron chi connectivity index (χ4n) is 2.46. The van der Waals surface area contributed by atoms with Gasteiger partial charge in [-0.1, -0.05) is 0 Å². The Hall–Kier alpha value is -1.89.